The predicted octanol–water partition coefficient (Wildman–Crippen LogP) is 2.37. The van der Waals surface area contributed by atoms with E-state index in [1.807, 2.05) is 11.8 Å². The zero-order valence-electron chi connectivity index (χ0n) is 8.83. The van der Waals surface area contributed by atoms with E-state index >= 15 is 0 Å². The minimum Gasteiger partial charge on any atom is -0.383 e. The lowest BCUT2D eigenvalue weighted by atomic mass is 10.4. The third kappa shape index (κ3) is 3.87. The predicted molar refractivity (Wildman–Crippen MR) is 70.2 cm³/mol. The molecule has 0 aliphatic carbocycles. The van der Waals surface area contributed by atoms with E-state index in [4.69, 9.17) is 5.73 Å². The van der Waals surface area contributed by atoms with E-state index in [0.717, 1.165) is 21.8 Å². The molecule has 1 rings (SSSR count). The smallest absolute Gasteiger partial charge is 0.146 e. The molecule has 0 amide bonds. The number of hydrogen-bond donors (Lipinski definition) is 2. The molecule has 0 aromatic carbocycles. The summed E-state index contributed by atoms with van der Waals surface area (Å²) in [7, 11) is 0. The number of anilines is 2. The average molecular weight is 291 g/mol. The van der Waals surface area contributed by atoms with Gasteiger partial charge in [-0.15, -0.1) is 0 Å². The maximum Gasteiger partial charge on any atom is 0.146 e. The standard InChI is InChI=1S/C9H15BrN4S/c1-3-15-4-6(2)14-9-7(10)8(11)12-5-13-9/h5-6H,3-4H2,1-2H3,(H3,11,12,13,14). The van der Waals surface area contributed by atoms with E-state index in [1.165, 1.54) is 6.33 Å². The highest BCUT2D eigenvalue weighted by molar-refractivity contribution is 9.10. The topological polar surface area (TPSA) is 63.8 Å². The Morgan fingerprint density at radius 2 is 2.33 bits per heavy atom. The van der Waals surface area contributed by atoms with Gasteiger partial charge < -0.3 is 11.1 Å². The molecule has 4 nitrogen and oxygen atoms in total. The van der Waals surface area contributed by atoms with Crippen molar-refractivity contribution >= 4 is 39.3 Å². The number of nitrogens with one attached hydrogen (secondary N) is 1. The van der Waals surface area contributed by atoms with Crippen LogP contribution in [-0.4, -0.2) is 27.5 Å². The molecule has 1 aromatic heterocycles. The summed E-state index contributed by atoms with van der Waals surface area (Å²) in [5, 5.41) is 3.29. The van der Waals surface area contributed by atoms with E-state index in [2.05, 4.69) is 45.1 Å². The Morgan fingerprint density at radius 1 is 1.60 bits per heavy atom. The van der Waals surface area contributed by atoms with Gasteiger partial charge in [-0.2, -0.15) is 11.8 Å². The quantitative estimate of drug-likeness (QED) is 0.872. The van der Waals surface area contributed by atoms with Gasteiger partial charge in [0.2, 0.25) is 0 Å². The summed E-state index contributed by atoms with van der Waals surface area (Å²) in [6.07, 6.45) is 1.46. The van der Waals surface area contributed by atoms with E-state index < -0.39 is 0 Å². The van der Waals surface area contributed by atoms with Crippen LogP contribution in [0.15, 0.2) is 10.8 Å². The van der Waals surface area contributed by atoms with Gasteiger partial charge in [0.25, 0.3) is 0 Å². The van der Waals surface area contributed by atoms with Crippen molar-refractivity contribution in [3.05, 3.63) is 10.8 Å². The van der Waals surface area contributed by atoms with Crippen molar-refractivity contribution in [2.24, 2.45) is 0 Å². The molecule has 1 heterocycles. The van der Waals surface area contributed by atoms with Crippen LogP contribution in [0.5, 0.6) is 0 Å². The summed E-state index contributed by atoms with van der Waals surface area (Å²) in [5.74, 6) is 3.39. The molecule has 0 fully saturated rings. The normalized spacial score (nSPS) is 12.5. The number of hydrogen-bond acceptors (Lipinski definition) is 5. The van der Waals surface area contributed by atoms with E-state index in [0.29, 0.717) is 11.9 Å². The molecule has 1 aromatic rings. The second kappa shape index (κ2) is 6.17. The molecular weight excluding hydrogens is 276 g/mol. The Labute approximate surface area is 103 Å². The van der Waals surface area contributed by atoms with Crippen molar-refractivity contribution in [3.8, 4) is 0 Å². The van der Waals surface area contributed by atoms with Gasteiger partial charge in [-0.05, 0) is 28.6 Å². The van der Waals surface area contributed by atoms with Crippen LogP contribution in [0.4, 0.5) is 11.6 Å². The summed E-state index contributed by atoms with van der Waals surface area (Å²) in [4.78, 5) is 8.01. The Balaban J connectivity index is 2.60. The van der Waals surface area contributed by atoms with Crippen LogP contribution in [-0.2, 0) is 0 Å². The van der Waals surface area contributed by atoms with Gasteiger partial charge in [-0.25, -0.2) is 9.97 Å². The van der Waals surface area contributed by atoms with E-state index in [1.54, 1.807) is 0 Å². The maximum absolute atomic E-state index is 5.65. The molecule has 0 aliphatic heterocycles. The number of halogens is 1. The molecular formula is C9H15BrN4S. The van der Waals surface area contributed by atoms with Gasteiger partial charge in [-0.3, -0.25) is 0 Å². The van der Waals surface area contributed by atoms with Gasteiger partial charge in [0.1, 0.15) is 22.4 Å². The van der Waals surface area contributed by atoms with Gasteiger partial charge in [0, 0.05) is 11.8 Å². The van der Waals surface area contributed by atoms with Crippen molar-refractivity contribution in [1.29, 1.82) is 0 Å². The zero-order valence-corrected chi connectivity index (χ0v) is 11.2. The Morgan fingerprint density at radius 3 is 3.00 bits per heavy atom. The lowest BCUT2D eigenvalue weighted by molar-refractivity contribution is 0.897. The number of aromatic nitrogens is 2. The number of rotatable bonds is 5. The summed E-state index contributed by atoms with van der Waals surface area (Å²) < 4.78 is 0.735. The first-order valence-corrected chi connectivity index (χ1v) is 6.70. The number of thioether (sulfide) groups is 1. The van der Waals surface area contributed by atoms with Crippen LogP contribution in [0.25, 0.3) is 0 Å². The molecule has 84 valence electrons. The van der Waals surface area contributed by atoms with E-state index in [-0.39, 0.29) is 0 Å². The highest BCUT2D eigenvalue weighted by Gasteiger charge is 2.08. The Hall–Kier alpha value is -0.490. The van der Waals surface area contributed by atoms with Crippen molar-refractivity contribution in [3.63, 3.8) is 0 Å². The second-order valence-electron chi connectivity index (χ2n) is 3.13. The van der Waals surface area contributed by atoms with Crippen LogP contribution in [0, 0.1) is 0 Å². The van der Waals surface area contributed by atoms with Crippen molar-refractivity contribution in [2.45, 2.75) is 19.9 Å². The first kappa shape index (κ1) is 12.6. The SMILES string of the molecule is CCSCC(C)Nc1ncnc(N)c1Br. The fourth-order valence-corrected chi connectivity index (χ4v) is 2.05. The first-order valence-electron chi connectivity index (χ1n) is 4.75. The van der Waals surface area contributed by atoms with Crippen molar-refractivity contribution in [2.75, 3.05) is 22.6 Å². The molecule has 0 saturated carbocycles. The minimum absolute atomic E-state index is 0.362. The largest absolute Gasteiger partial charge is 0.383 e. The van der Waals surface area contributed by atoms with Crippen LogP contribution in [0.3, 0.4) is 0 Å². The van der Waals surface area contributed by atoms with Crippen LogP contribution in [0.1, 0.15) is 13.8 Å². The molecule has 0 aliphatic rings. The highest BCUT2D eigenvalue weighted by atomic mass is 79.9. The average Bonchev–Trinajstić information content (AvgIpc) is 2.22. The van der Waals surface area contributed by atoms with Gasteiger partial charge in [0.05, 0.1) is 0 Å². The number of nitrogens with zero attached hydrogens (tertiary/aromatic N) is 2. The molecule has 1 atom stereocenters. The fraction of sp³-hybridized carbons (Fsp3) is 0.556. The number of nitrogen functional groups attached to an aromatic ring is 1. The second-order valence-corrected chi connectivity index (χ2v) is 5.24. The maximum atomic E-state index is 5.65. The summed E-state index contributed by atoms with van der Waals surface area (Å²) >= 11 is 5.25. The molecule has 3 N–H and O–H groups in total. The summed E-state index contributed by atoms with van der Waals surface area (Å²) in [6, 6.07) is 0.362. The first-order chi connectivity index (χ1) is 7.15. The third-order valence-electron chi connectivity index (χ3n) is 1.77. The van der Waals surface area contributed by atoms with Gasteiger partial charge in [-0.1, -0.05) is 6.92 Å². The Bertz CT molecular complexity index is 321. The van der Waals surface area contributed by atoms with Crippen LogP contribution >= 0.6 is 27.7 Å². The van der Waals surface area contributed by atoms with Gasteiger partial charge >= 0.3 is 0 Å². The molecule has 1 unspecified atom stereocenters. The fourth-order valence-electron chi connectivity index (χ4n) is 1.05. The van der Waals surface area contributed by atoms with Crippen LogP contribution < -0.4 is 11.1 Å². The summed E-state index contributed by atoms with van der Waals surface area (Å²) in [6.45, 7) is 4.27. The minimum atomic E-state index is 0.362. The van der Waals surface area contributed by atoms with Crippen LogP contribution in [0.2, 0.25) is 0 Å². The molecule has 0 bridgehead atoms. The van der Waals surface area contributed by atoms with Crippen molar-refractivity contribution in [1.82, 2.24) is 9.97 Å². The molecule has 0 radical (unpaired) electrons. The molecule has 6 heteroatoms. The van der Waals surface area contributed by atoms with E-state index in [9.17, 15) is 0 Å². The van der Waals surface area contributed by atoms with Crippen molar-refractivity contribution < 1.29 is 0 Å². The lowest BCUT2D eigenvalue weighted by Crippen LogP contribution is -2.19. The molecule has 0 saturated heterocycles. The highest BCUT2D eigenvalue weighted by Crippen LogP contribution is 2.24. The summed E-state index contributed by atoms with van der Waals surface area (Å²) in [5.41, 5.74) is 5.65. The number of nitrogens with two attached hydrogens (primary N) is 1. The Kier molecular flexibility index (Phi) is 5.17. The zero-order chi connectivity index (χ0) is 11.3. The third-order valence-corrected chi connectivity index (χ3v) is 3.70. The lowest BCUT2D eigenvalue weighted by Gasteiger charge is -2.14. The molecule has 15 heavy (non-hydrogen) atoms. The monoisotopic (exact) mass is 290 g/mol. The molecule has 0 spiro atoms. The van der Waals surface area contributed by atoms with Gasteiger partial charge in [0.15, 0.2) is 0 Å².